The number of ether oxygens (including phenoxy) is 1. The number of anilines is 1. The number of aromatic nitrogens is 5. The third kappa shape index (κ3) is 4.35. The number of amides is 1. The summed E-state index contributed by atoms with van der Waals surface area (Å²) in [6.07, 6.45) is 12.1. The lowest BCUT2D eigenvalue weighted by Gasteiger charge is -2.43. The molecule has 1 saturated heterocycles. The number of likely N-dealkylation sites (tertiary alicyclic amines) is 1. The standard InChI is InChI=1S/C26H33N7O2/c1-25(2,3)35-24(34)33-14-10-26(11-15-33)8-6-17(7-9-26)20-18(22-28-12-5-13-29-22)19-21(27)30-16-31-23(19)32(20)4/h5-6,12-13,16H,7-11,14-15H2,1-4H3,(H2,27,30,31). The van der Waals surface area contributed by atoms with Gasteiger partial charge in [-0.05, 0) is 69.9 Å². The zero-order chi connectivity index (χ0) is 24.8. The van der Waals surface area contributed by atoms with Gasteiger partial charge in [-0.3, -0.25) is 0 Å². The zero-order valence-electron chi connectivity index (χ0n) is 20.9. The van der Waals surface area contributed by atoms with E-state index in [1.54, 1.807) is 18.5 Å². The van der Waals surface area contributed by atoms with Crippen molar-refractivity contribution in [2.45, 2.75) is 58.5 Å². The highest BCUT2D eigenvalue weighted by Gasteiger charge is 2.39. The predicted molar refractivity (Wildman–Crippen MR) is 135 cm³/mol. The fourth-order valence-electron chi connectivity index (χ4n) is 5.40. The van der Waals surface area contributed by atoms with E-state index in [9.17, 15) is 4.79 Å². The molecule has 1 fully saturated rings. The molecule has 5 rings (SSSR count). The summed E-state index contributed by atoms with van der Waals surface area (Å²) >= 11 is 0. The van der Waals surface area contributed by atoms with Crippen LogP contribution < -0.4 is 5.73 Å². The summed E-state index contributed by atoms with van der Waals surface area (Å²) in [5.74, 6) is 1.06. The van der Waals surface area contributed by atoms with Crippen LogP contribution in [0.2, 0.25) is 0 Å². The van der Waals surface area contributed by atoms with Gasteiger partial charge in [-0.15, -0.1) is 0 Å². The molecule has 1 aliphatic heterocycles. The number of nitrogens with zero attached hydrogens (tertiary/aromatic N) is 6. The second-order valence-electron chi connectivity index (χ2n) is 10.7. The molecule has 2 N–H and O–H groups in total. The van der Waals surface area contributed by atoms with Crippen molar-refractivity contribution in [2.24, 2.45) is 12.5 Å². The van der Waals surface area contributed by atoms with Crippen LogP contribution in [0.15, 0.2) is 30.9 Å². The van der Waals surface area contributed by atoms with E-state index in [1.165, 1.54) is 11.9 Å². The third-order valence-electron chi connectivity index (χ3n) is 7.27. The maximum atomic E-state index is 12.5. The van der Waals surface area contributed by atoms with Crippen LogP contribution in [0.4, 0.5) is 10.6 Å². The Morgan fingerprint density at radius 3 is 2.43 bits per heavy atom. The molecular weight excluding hydrogens is 442 g/mol. The van der Waals surface area contributed by atoms with Crippen LogP contribution in [0.3, 0.4) is 0 Å². The number of fused-ring (bicyclic) bond motifs is 1. The second kappa shape index (κ2) is 8.62. The quantitative estimate of drug-likeness (QED) is 0.577. The molecule has 0 bridgehead atoms. The van der Waals surface area contributed by atoms with E-state index in [4.69, 9.17) is 10.5 Å². The minimum absolute atomic E-state index is 0.207. The lowest BCUT2D eigenvalue weighted by molar-refractivity contribution is 0.00896. The van der Waals surface area contributed by atoms with E-state index < -0.39 is 5.60 Å². The van der Waals surface area contributed by atoms with E-state index in [1.807, 2.05) is 32.7 Å². The average Bonchev–Trinajstić information content (AvgIpc) is 3.13. The van der Waals surface area contributed by atoms with Crippen LogP contribution in [0.5, 0.6) is 0 Å². The Labute approximate surface area is 205 Å². The Morgan fingerprint density at radius 2 is 1.80 bits per heavy atom. The molecule has 9 heteroatoms. The summed E-state index contributed by atoms with van der Waals surface area (Å²) in [5, 5.41) is 0.794. The van der Waals surface area contributed by atoms with Crippen LogP contribution in [-0.4, -0.2) is 54.2 Å². The molecule has 0 aromatic carbocycles. The highest BCUT2D eigenvalue weighted by Crippen LogP contribution is 2.48. The van der Waals surface area contributed by atoms with Crippen molar-refractivity contribution in [1.29, 1.82) is 0 Å². The molecule has 0 unspecified atom stereocenters. The monoisotopic (exact) mass is 475 g/mol. The van der Waals surface area contributed by atoms with Gasteiger partial charge in [0, 0.05) is 32.5 Å². The van der Waals surface area contributed by atoms with Gasteiger partial charge in [0.15, 0.2) is 5.82 Å². The summed E-state index contributed by atoms with van der Waals surface area (Å²) in [6.45, 7) is 7.20. The molecule has 1 aliphatic carbocycles. The minimum Gasteiger partial charge on any atom is -0.444 e. The Balaban J connectivity index is 1.43. The Bertz CT molecular complexity index is 1280. The Hall–Kier alpha value is -3.49. The molecule has 184 valence electrons. The van der Waals surface area contributed by atoms with Crippen molar-refractivity contribution in [3.05, 3.63) is 36.6 Å². The number of carbonyl (C=O) groups is 1. The maximum absolute atomic E-state index is 12.5. The average molecular weight is 476 g/mol. The first-order valence-electron chi connectivity index (χ1n) is 12.2. The van der Waals surface area contributed by atoms with Crippen LogP contribution in [0, 0.1) is 5.41 Å². The van der Waals surface area contributed by atoms with E-state index in [2.05, 4.69) is 30.6 Å². The van der Waals surface area contributed by atoms with Crippen molar-refractivity contribution in [2.75, 3.05) is 18.8 Å². The summed E-state index contributed by atoms with van der Waals surface area (Å²) < 4.78 is 7.67. The van der Waals surface area contributed by atoms with Gasteiger partial charge in [-0.1, -0.05) is 6.08 Å². The molecule has 3 aromatic heterocycles. The van der Waals surface area contributed by atoms with Gasteiger partial charge < -0.3 is 19.9 Å². The smallest absolute Gasteiger partial charge is 0.410 e. The number of carbonyl (C=O) groups excluding carboxylic acids is 1. The molecule has 0 saturated carbocycles. The van der Waals surface area contributed by atoms with Gasteiger partial charge in [0.05, 0.1) is 16.6 Å². The normalized spacial score (nSPS) is 18.1. The number of hydrogen-bond acceptors (Lipinski definition) is 7. The first-order valence-corrected chi connectivity index (χ1v) is 12.2. The fraction of sp³-hybridized carbons (Fsp3) is 0.500. The van der Waals surface area contributed by atoms with E-state index in [0.717, 1.165) is 67.5 Å². The molecule has 2 aliphatic rings. The molecule has 35 heavy (non-hydrogen) atoms. The van der Waals surface area contributed by atoms with Crippen molar-refractivity contribution >= 4 is 28.5 Å². The van der Waals surface area contributed by atoms with Crippen LogP contribution in [0.1, 0.15) is 58.6 Å². The molecule has 4 heterocycles. The summed E-state index contributed by atoms with van der Waals surface area (Å²) in [5.41, 5.74) is 10.0. The lowest BCUT2D eigenvalue weighted by atomic mass is 9.68. The van der Waals surface area contributed by atoms with Crippen molar-refractivity contribution in [3.63, 3.8) is 0 Å². The summed E-state index contributed by atoms with van der Waals surface area (Å²) in [7, 11) is 2.01. The fourth-order valence-corrected chi connectivity index (χ4v) is 5.40. The van der Waals surface area contributed by atoms with Crippen LogP contribution in [-0.2, 0) is 11.8 Å². The van der Waals surface area contributed by atoms with E-state index in [0.29, 0.717) is 11.6 Å². The number of nitrogens with two attached hydrogens (primary N) is 1. The molecular formula is C26H33N7O2. The van der Waals surface area contributed by atoms with E-state index in [-0.39, 0.29) is 11.5 Å². The predicted octanol–water partition coefficient (Wildman–Crippen LogP) is 4.59. The first kappa shape index (κ1) is 23.3. The van der Waals surface area contributed by atoms with Gasteiger partial charge in [0.25, 0.3) is 0 Å². The van der Waals surface area contributed by atoms with Crippen molar-refractivity contribution in [3.8, 4) is 11.4 Å². The lowest BCUT2D eigenvalue weighted by Crippen LogP contribution is -2.45. The van der Waals surface area contributed by atoms with Crippen molar-refractivity contribution < 1.29 is 9.53 Å². The van der Waals surface area contributed by atoms with Gasteiger partial charge in [-0.2, -0.15) is 0 Å². The maximum Gasteiger partial charge on any atom is 0.410 e. The van der Waals surface area contributed by atoms with Crippen LogP contribution in [0.25, 0.3) is 28.0 Å². The molecule has 1 amide bonds. The number of piperidine rings is 1. The zero-order valence-corrected chi connectivity index (χ0v) is 20.9. The van der Waals surface area contributed by atoms with Crippen molar-refractivity contribution in [1.82, 2.24) is 29.4 Å². The highest BCUT2D eigenvalue weighted by molar-refractivity contribution is 6.04. The number of nitrogen functional groups attached to an aromatic ring is 1. The Morgan fingerprint density at radius 1 is 1.09 bits per heavy atom. The Kier molecular flexibility index (Phi) is 5.73. The highest BCUT2D eigenvalue weighted by atomic mass is 16.6. The van der Waals surface area contributed by atoms with Crippen LogP contribution >= 0.6 is 0 Å². The number of aryl methyl sites for hydroxylation is 1. The largest absolute Gasteiger partial charge is 0.444 e. The topological polar surface area (TPSA) is 112 Å². The molecule has 9 nitrogen and oxygen atoms in total. The van der Waals surface area contributed by atoms with Gasteiger partial charge in [-0.25, -0.2) is 24.7 Å². The third-order valence-corrected chi connectivity index (χ3v) is 7.27. The second-order valence-corrected chi connectivity index (χ2v) is 10.7. The molecule has 0 atom stereocenters. The van der Waals surface area contributed by atoms with Gasteiger partial charge in [0.1, 0.15) is 23.4 Å². The summed E-state index contributed by atoms with van der Waals surface area (Å²) in [6, 6.07) is 1.81. The number of rotatable bonds is 2. The SMILES string of the molecule is Cn1c(C2=CCC3(CC2)CCN(C(=O)OC(C)(C)C)CC3)c(-c2ncccn2)c2c(N)ncnc21. The molecule has 1 spiro atoms. The van der Waals surface area contributed by atoms with Gasteiger partial charge in [0.2, 0.25) is 0 Å². The first-order chi connectivity index (χ1) is 16.7. The molecule has 0 radical (unpaired) electrons. The number of allylic oxidation sites excluding steroid dienone is 2. The summed E-state index contributed by atoms with van der Waals surface area (Å²) in [4.78, 5) is 32.2. The number of hydrogen-bond donors (Lipinski definition) is 1. The minimum atomic E-state index is -0.471. The van der Waals surface area contributed by atoms with E-state index >= 15 is 0 Å². The van der Waals surface area contributed by atoms with Gasteiger partial charge >= 0.3 is 6.09 Å². The molecule has 3 aromatic rings.